The number of rotatable bonds is 4. The van der Waals surface area contributed by atoms with E-state index in [2.05, 4.69) is 9.98 Å². The van der Waals surface area contributed by atoms with Crippen molar-refractivity contribution in [3.05, 3.63) is 85.2 Å². The molecule has 0 radical (unpaired) electrons. The number of pyridine rings is 2. The molecule has 166 valence electrons. The van der Waals surface area contributed by atoms with Crippen molar-refractivity contribution in [1.82, 2.24) is 14.0 Å². The third-order valence-electron chi connectivity index (χ3n) is 5.11. The fraction of sp³-hybridized carbons (Fsp3) is 0.174. The molecule has 0 aliphatic heterocycles. The summed E-state index contributed by atoms with van der Waals surface area (Å²) in [6, 6.07) is 11.5. The van der Waals surface area contributed by atoms with E-state index in [9.17, 15) is 14.9 Å². The first-order valence-electron chi connectivity index (χ1n) is 9.84. The average molecular weight is 482 g/mol. The summed E-state index contributed by atoms with van der Waals surface area (Å²) in [6.07, 6.45) is 1.62. The number of aryl methyl sites for hydroxylation is 1. The van der Waals surface area contributed by atoms with Crippen LogP contribution in [0.2, 0.25) is 10.0 Å². The molecule has 10 heteroatoms. The number of benzene rings is 1. The molecule has 0 bridgehead atoms. The molecule has 4 rings (SSSR count). The molecule has 4 aromatic rings. The van der Waals surface area contributed by atoms with Gasteiger partial charge in [-0.1, -0.05) is 29.3 Å². The molecule has 0 aliphatic carbocycles. The molecule has 0 fully saturated rings. The van der Waals surface area contributed by atoms with Crippen LogP contribution in [0.15, 0.2) is 52.4 Å². The molecule has 1 aromatic carbocycles. The number of nitriles is 1. The van der Waals surface area contributed by atoms with Crippen LogP contribution < -0.4 is 11.0 Å². The molecule has 1 amide bonds. The van der Waals surface area contributed by atoms with Crippen molar-refractivity contribution in [1.29, 1.82) is 5.26 Å². The predicted molar refractivity (Wildman–Crippen MR) is 125 cm³/mol. The van der Waals surface area contributed by atoms with Crippen LogP contribution in [0.5, 0.6) is 0 Å². The Hall–Kier alpha value is -3.51. The number of carbonyl (C=O) groups is 1. The Morgan fingerprint density at radius 3 is 2.73 bits per heavy atom. The Balaban J connectivity index is 2.10. The lowest BCUT2D eigenvalue weighted by molar-refractivity contribution is 0.0996. The molecular formula is C23H17Cl2N5O3. The van der Waals surface area contributed by atoms with Crippen LogP contribution in [-0.2, 0) is 11.3 Å². The number of fused-ring (bicyclic) bond motifs is 2. The van der Waals surface area contributed by atoms with E-state index in [-0.39, 0.29) is 45.7 Å². The van der Waals surface area contributed by atoms with Crippen molar-refractivity contribution in [2.75, 3.05) is 13.7 Å². The van der Waals surface area contributed by atoms with Crippen molar-refractivity contribution in [2.45, 2.75) is 13.5 Å². The maximum Gasteiger partial charge on any atom is 0.280 e. The zero-order valence-electron chi connectivity index (χ0n) is 17.7. The zero-order chi connectivity index (χ0) is 23.7. The van der Waals surface area contributed by atoms with Gasteiger partial charge in [0.25, 0.3) is 11.5 Å². The number of amides is 1. The number of nitrogens with zero attached hydrogens (tertiary/aromatic N) is 5. The quantitative estimate of drug-likeness (QED) is 0.415. The number of ether oxygens (including phenoxy) is 1. The van der Waals surface area contributed by atoms with Gasteiger partial charge in [-0.15, -0.1) is 0 Å². The van der Waals surface area contributed by atoms with Gasteiger partial charge in [-0.2, -0.15) is 10.3 Å². The zero-order valence-corrected chi connectivity index (χ0v) is 19.2. The van der Waals surface area contributed by atoms with Crippen molar-refractivity contribution >= 4 is 45.8 Å². The van der Waals surface area contributed by atoms with Gasteiger partial charge in [-0.25, -0.2) is 4.98 Å². The monoisotopic (exact) mass is 481 g/mol. The summed E-state index contributed by atoms with van der Waals surface area (Å²) in [5.74, 6) is -0.660. The van der Waals surface area contributed by atoms with E-state index in [1.54, 1.807) is 16.8 Å². The van der Waals surface area contributed by atoms with Gasteiger partial charge in [0, 0.05) is 24.9 Å². The summed E-state index contributed by atoms with van der Waals surface area (Å²) >= 11 is 12.1. The van der Waals surface area contributed by atoms with Gasteiger partial charge in [-0.3, -0.25) is 14.0 Å². The summed E-state index contributed by atoms with van der Waals surface area (Å²) in [7, 11) is 1.52. The summed E-state index contributed by atoms with van der Waals surface area (Å²) in [5, 5.41) is 10.5. The lowest BCUT2D eigenvalue weighted by atomic mass is 10.2. The first-order valence-corrected chi connectivity index (χ1v) is 10.6. The molecule has 3 aromatic heterocycles. The molecule has 0 saturated heterocycles. The first kappa shape index (κ1) is 22.7. The van der Waals surface area contributed by atoms with Gasteiger partial charge in [0.1, 0.15) is 17.4 Å². The topological polar surface area (TPSA) is 102 Å². The van der Waals surface area contributed by atoms with Crippen LogP contribution in [0.1, 0.15) is 21.5 Å². The maximum absolute atomic E-state index is 13.2. The van der Waals surface area contributed by atoms with E-state index in [1.165, 1.54) is 35.8 Å². The first-order chi connectivity index (χ1) is 15.8. The van der Waals surface area contributed by atoms with Crippen LogP contribution in [-0.4, -0.2) is 33.6 Å². The maximum atomic E-state index is 13.2. The van der Waals surface area contributed by atoms with Crippen molar-refractivity contribution in [2.24, 2.45) is 4.99 Å². The van der Waals surface area contributed by atoms with E-state index < -0.39 is 5.91 Å². The molecule has 0 atom stereocenters. The standard InChI is InChI=1S/C23H17Cl2N5O3/c1-13-4-3-7-30-19(13)27-21-17(23(30)32)10-14(12-26)20(29(21)8-9-33-2)28-22(31)16-6-5-15(24)11-18(16)25/h3-7,10-11H,8-9H2,1-2H3. The van der Waals surface area contributed by atoms with E-state index in [0.29, 0.717) is 16.3 Å². The summed E-state index contributed by atoms with van der Waals surface area (Å²) in [4.78, 5) is 35.1. The molecule has 33 heavy (non-hydrogen) atoms. The number of aromatic nitrogens is 3. The van der Waals surface area contributed by atoms with Crippen molar-refractivity contribution in [3.63, 3.8) is 0 Å². The predicted octanol–water partition coefficient (Wildman–Crippen LogP) is 3.52. The van der Waals surface area contributed by atoms with Gasteiger partial charge in [0.2, 0.25) is 0 Å². The highest BCUT2D eigenvalue weighted by Crippen LogP contribution is 2.21. The number of methoxy groups -OCH3 is 1. The van der Waals surface area contributed by atoms with E-state index >= 15 is 0 Å². The third-order valence-corrected chi connectivity index (χ3v) is 5.66. The number of halogens is 2. The SMILES string of the molecule is COCCn1c(=NC(=O)c2ccc(Cl)cc2Cl)c(C#N)cc2c(=O)n3cccc(C)c3nc21. The largest absolute Gasteiger partial charge is 0.383 e. The second-order valence-electron chi connectivity index (χ2n) is 7.22. The summed E-state index contributed by atoms with van der Waals surface area (Å²) in [6.45, 7) is 2.29. The second kappa shape index (κ2) is 9.16. The Morgan fingerprint density at radius 2 is 2.03 bits per heavy atom. The lowest BCUT2D eigenvalue weighted by Gasteiger charge is -2.14. The Bertz CT molecular complexity index is 1600. The van der Waals surface area contributed by atoms with Gasteiger partial charge >= 0.3 is 0 Å². The minimum Gasteiger partial charge on any atom is -0.383 e. The molecule has 0 spiro atoms. The van der Waals surface area contributed by atoms with Gasteiger partial charge in [-0.05, 0) is 42.8 Å². The highest BCUT2D eigenvalue weighted by Gasteiger charge is 2.17. The molecule has 0 saturated carbocycles. The van der Waals surface area contributed by atoms with Crippen molar-refractivity contribution in [3.8, 4) is 6.07 Å². The molecule has 3 heterocycles. The lowest BCUT2D eigenvalue weighted by Crippen LogP contribution is -2.30. The highest BCUT2D eigenvalue weighted by molar-refractivity contribution is 6.36. The van der Waals surface area contributed by atoms with Gasteiger partial charge in [0.05, 0.1) is 28.1 Å². The second-order valence-corrected chi connectivity index (χ2v) is 8.06. The van der Waals surface area contributed by atoms with Crippen LogP contribution in [0.4, 0.5) is 0 Å². The Morgan fingerprint density at radius 1 is 1.24 bits per heavy atom. The molecule has 8 nitrogen and oxygen atoms in total. The summed E-state index contributed by atoms with van der Waals surface area (Å²) in [5.41, 5.74) is 1.45. The smallest absolute Gasteiger partial charge is 0.280 e. The normalized spacial score (nSPS) is 11.8. The van der Waals surface area contributed by atoms with E-state index in [1.807, 2.05) is 19.1 Å². The molecule has 0 N–H and O–H groups in total. The van der Waals surface area contributed by atoms with E-state index in [0.717, 1.165) is 5.56 Å². The van der Waals surface area contributed by atoms with Crippen LogP contribution in [0, 0.1) is 18.3 Å². The fourth-order valence-electron chi connectivity index (χ4n) is 3.50. The molecule has 0 unspecified atom stereocenters. The highest BCUT2D eigenvalue weighted by atomic mass is 35.5. The molecule has 0 aliphatic rings. The minimum absolute atomic E-state index is 0.0449. The van der Waals surface area contributed by atoms with Crippen molar-refractivity contribution < 1.29 is 9.53 Å². The number of hydrogen-bond donors (Lipinski definition) is 0. The Kier molecular flexibility index (Phi) is 6.29. The Labute approximate surface area is 197 Å². The average Bonchev–Trinajstić information content (AvgIpc) is 2.79. The van der Waals surface area contributed by atoms with E-state index in [4.69, 9.17) is 27.9 Å². The fourth-order valence-corrected chi connectivity index (χ4v) is 3.99. The van der Waals surface area contributed by atoms with Crippen LogP contribution in [0.25, 0.3) is 16.7 Å². The van der Waals surface area contributed by atoms with Gasteiger partial charge in [0.15, 0.2) is 5.49 Å². The third kappa shape index (κ3) is 4.14. The number of hydrogen-bond acceptors (Lipinski definition) is 5. The minimum atomic E-state index is -0.660. The number of carbonyl (C=O) groups excluding carboxylic acids is 1. The summed E-state index contributed by atoms with van der Waals surface area (Å²) < 4.78 is 8.18. The van der Waals surface area contributed by atoms with Crippen LogP contribution >= 0.6 is 23.2 Å². The molecular weight excluding hydrogens is 465 g/mol. The van der Waals surface area contributed by atoms with Crippen LogP contribution in [0.3, 0.4) is 0 Å². The van der Waals surface area contributed by atoms with Gasteiger partial charge < -0.3 is 9.30 Å².